The van der Waals surface area contributed by atoms with Crippen LogP contribution in [0.15, 0.2) is 23.2 Å². The fraction of sp³-hybridized carbons (Fsp3) is 0.625. The van der Waals surface area contributed by atoms with Gasteiger partial charge < -0.3 is 20.1 Å². The Bertz CT molecular complexity index is 481. The second-order valence-corrected chi connectivity index (χ2v) is 5.40. The molecule has 7 heteroatoms. The monoisotopic (exact) mass is 434 g/mol. The first kappa shape index (κ1) is 20.0. The topological polar surface area (TPSA) is 67.8 Å². The number of hydrogen-bond donors (Lipinski definition) is 2. The quantitative estimate of drug-likeness (QED) is 0.270. The number of ether oxygens (including phenoxy) is 2. The largest absolute Gasteiger partial charge is 0.481 e. The number of rotatable bonds is 9. The summed E-state index contributed by atoms with van der Waals surface area (Å²) in [5, 5.41) is 6.51. The molecule has 0 aromatic carbocycles. The standard InChI is InChI=1S/C16H26N4O2.HI/c1-17-16(18-9-4-10-22-12-13-7-8-13)19-11-14-5-3-6-15(20-14)21-2;/h3,5-6,13H,4,7-12H2,1-2H3,(H2,17,18,19);1H. The lowest BCUT2D eigenvalue weighted by Gasteiger charge is -2.12. The summed E-state index contributed by atoms with van der Waals surface area (Å²) < 4.78 is 10.7. The number of hydrogen-bond acceptors (Lipinski definition) is 4. The van der Waals surface area contributed by atoms with Crippen LogP contribution < -0.4 is 15.4 Å². The molecule has 1 fully saturated rings. The van der Waals surface area contributed by atoms with E-state index < -0.39 is 0 Å². The molecule has 1 aromatic heterocycles. The number of methoxy groups -OCH3 is 1. The van der Waals surface area contributed by atoms with Crippen LogP contribution in [-0.4, -0.2) is 44.9 Å². The Morgan fingerprint density at radius 2 is 2.17 bits per heavy atom. The second kappa shape index (κ2) is 11.4. The summed E-state index contributed by atoms with van der Waals surface area (Å²) in [5.74, 6) is 2.22. The highest BCUT2D eigenvalue weighted by Gasteiger charge is 2.20. The number of guanidine groups is 1. The van der Waals surface area contributed by atoms with Gasteiger partial charge in [-0.15, -0.1) is 24.0 Å². The van der Waals surface area contributed by atoms with E-state index in [1.807, 2.05) is 18.2 Å². The Labute approximate surface area is 155 Å². The van der Waals surface area contributed by atoms with Crippen LogP contribution in [0.5, 0.6) is 5.88 Å². The van der Waals surface area contributed by atoms with Crippen LogP contribution in [0.3, 0.4) is 0 Å². The normalized spacial score (nSPS) is 14.1. The van der Waals surface area contributed by atoms with E-state index in [9.17, 15) is 0 Å². The predicted molar refractivity (Wildman–Crippen MR) is 103 cm³/mol. The van der Waals surface area contributed by atoms with Gasteiger partial charge in [-0.3, -0.25) is 4.99 Å². The molecule has 0 spiro atoms. The van der Waals surface area contributed by atoms with E-state index in [-0.39, 0.29) is 24.0 Å². The number of halogens is 1. The van der Waals surface area contributed by atoms with Crippen molar-refractivity contribution in [1.82, 2.24) is 15.6 Å². The molecule has 23 heavy (non-hydrogen) atoms. The van der Waals surface area contributed by atoms with Gasteiger partial charge in [0.15, 0.2) is 5.96 Å². The summed E-state index contributed by atoms with van der Waals surface area (Å²) in [4.78, 5) is 8.55. The molecular weight excluding hydrogens is 407 g/mol. The molecule has 0 saturated heterocycles. The van der Waals surface area contributed by atoms with Gasteiger partial charge in [-0.1, -0.05) is 6.07 Å². The number of pyridine rings is 1. The van der Waals surface area contributed by atoms with E-state index in [1.54, 1.807) is 14.2 Å². The van der Waals surface area contributed by atoms with Crippen LogP contribution >= 0.6 is 24.0 Å². The third-order valence-electron chi connectivity index (χ3n) is 3.46. The first-order valence-electron chi connectivity index (χ1n) is 7.84. The van der Waals surface area contributed by atoms with Gasteiger partial charge >= 0.3 is 0 Å². The molecule has 0 bridgehead atoms. The Kier molecular flexibility index (Phi) is 9.93. The number of aromatic nitrogens is 1. The highest BCUT2D eigenvalue weighted by molar-refractivity contribution is 14.0. The lowest BCUT2D eigenvalue weighted by Crippen LogP contribution is -2.37. The third kappa shape index (κ3) is 8.36. The van der Waals surface area contributed by atoms with Crippen molar-refractivity contribution >= 4 is 29.9 Å². The van der Waals surface area contributed by atoms with Gasteiger partial charge in [0.1, 0.15) is 0 Å². The minimum atomic E-state index is 0. The minimum absolute atomic E-state index is 0. The van der Waals surface area contributed by atoms with Crippen LogP contribution in [0.4, 0.5) is 0 Å². The average Bonchev–Trinajstić information content (AvgIpc) is 3.38. The molecule has 1 aliphatic rings. The average molecular weight is 434 g/mol. The molecule has 0 aliphatic heterocycles. The maximum Gasteiger partial charge on any atom is 0.213 e. The van der Waals surface area contributed by atoms with E-state index in [1.165, 1.54) is 12.8 Å². The van der Waals surface area contributed by atoms with Crippen molar-refractivity contribution in [3.8, 4) is 5.88 Å². The van der Waals surface area contributed by atoms with E-state index in [2.05, 4.69) is 20.6 Å². The molecule has 1 aromatic rings. The maximum absolute atomic E-state index is 5.60. The Morgan fingerprint density at radius 3 is 2.87 bits per heavy atom. The molecule has 2 rings (SSSR count). The molecule has 1 aliphatic carbocycles. The van der Waals surface area contributed by atoms with Gasteiger partial charge in [0.2, 0.25) is 5.88 Å². The minimum Gasteiger partial charge on any atom is -0.481 e. The van der Waals surface area contributed by atoms with Crippen LogP contribution in [0.2, 0.25) is 0 Å². The van der Waals surface area contributed by atoms with Crippen LogP contribution in [-0.2, 0) is 11.3 Å². The molecule has 6 nitrogen and oxygen atoms in total. The number of aliphatic imine (C=N–C) groups is 1. The first-order chi connectivity index (χ1) is 10.8. The van der Waals surface area contributed by atoms with Crippen molar-refractivity contribution in [2.45, 2.75) is 25.8 Å². The van der Waals surface area contributed by atoms with Crippen LogP contribution in [0.1, 0.15) is 25.0 Å². The van der Waals surface area contributed by atoms with E-state index in [4.69, 9.17) is 9.47 Å². The van der Waals surface area contributed by atoms with E-state index >= 15 is 0 Å². The van der Waals surface area contributed by atoms with Crippen LogP contribution in [0, 0.1) is 5.92 Å². The maximum atomic E-state index is 5.60. The van der Waals surface area contributed by atoms with Gasteiger partial charge in [-0.05, 0) is 31.2 Å². The summed E-state index contributed by atoms with van der Waals surface area (Å²) in [5.41, 5.74) is 0.912. The predicted octanol–water partition coefficient (Wildman–Crippen LogP) is 2.19. The Balaban J connectivity index is 0.00000264. The molecule has 0 atom stereocenters. The molecule has 130 valence electrons. The SMILES string of the molecule is CN=C(NCCCOCC1CC1)NCc1cccc(OC)n1.I. The van der Waals surface area contributed by atoms with Crippen molar-refractivity contribution in [2.24, 2.45) is 10.9 Å². The van der Waals surface area contributed by atoms with Gasteiger partial charge in [0, 0.05) is 32.9 Å². The highest BCUT2D eigenvalue weighted by atomic mass is 127. The third-order valence-corrected chi connectivity index (χ3v) is 3.46. The van der Waals surface area contributed by atoms with Crippen molar-refractivity contribution in [3.63, 3.8) is 0 Å². The zero-order valence-electron chi connectivity index (χ0n) is 13.9. The first-order valence-corrected chi connectivity index (χ1v) is 7.84. The smallest absolute Gasteiger partial charge is 0.213 e. The Morgan fingerprint density at radius 1 is 1.35 bits per heavy atom. The summed E-state index contributed by atoms with van der Waals surface area (Å²) in [6, 6.07) is 5.71. The summed E-state index contributed by atoms with van der Waals surface area (Å²) in [6.45, 7) is 3.18. The molecular formula is C16H27IN4O2. The Hall–Kier alpha value is -1.09. The summed E-state index contributed by atoms with van der Waals surface area (Å²) in [6.07, 6.45) is 3.66. The highest BCUT2D eigenvalue weighted by Crippen LogP contribution is 2.28. The zero-order valence-corrected chi connectivity index (χ0v) is 16.2. The van der Waals surface area contributed by atoms with Crippen molar-refractivity contribution in [1.29, 1.82) is 0 Å². The van der Waals surface area contributed by atoms with Gasteiger partial charge in [0.05, 0.1) is 19.3 Å². The lowest BCUT2D eigenvalue weighted by molar-refractivity contribution is 0.123. The molecule has 1 saturated carbocycles. The molecule has 0 unspecified atom stereocenters. The van der Waals surface area contributed by atoms with Gasteiger partial charge in [-0.2, -0.15) is 0 Å². The number of nitrogens with one attached hydrogen (secondary N) is 2. The summed E-state index contributed by atoms with van der Waals surface area (Å²) >= 11 is 0. The van der Waals surface area contributed by atoms with Crippen molar-refractivity contribution in [2.75, 3.05) is 33.9 Å². The van der Waals surface area contributed by atoms with Crippen molar-refractivity contribution < 1.29 is 9.47 Å². The second-order valence-electron chi connectivity index (χ2n) is 5.40. The van der Waals surface area contributed by atoms with Crippen molar-refractivity contribution in [3.05, 3.63) is 23.9 Å². The molecule has 0 amide bonds. The van der Waals surface area contributed by atoms with Crippen LogP contribution in [0.25, 0.3) is 0 Å². The van der Waals surface area contributed by atoms with E-state index in [0.29, 0.717) is 12.4 Å². The fourth-order valence-corrected chi connectivity index (χ4v) is 1.98. The van der Waals surface area contributed by atoms with E-state index in [0.717, 1.165) is 43.8 Å². The van der Waals surface area contributed by atoms with Gasteiger partial charge in [0.25, 0.3) is 0 Å². The fourth-order valence-electron chi connectivity index (χ4n) is 1.98. The molecule has 1 heterocycles. The molecule has 0 radical (unpaired) electrons. The van der Waals surface area contributed by atoms with Gasteiger partial charge in [-0.25, -0.2) is 4.98 Å². The molecule has 2 N–H and O–H groups in total. The lowest BCUT2D eigenvalue weighted by atomic mass is 10.3. The zero-order chi connectivity index (χ0) is 15.6. The number of nitrogens with zero attached hydrogens (tertiary/aromatic N) is 2. The summed E-state index contributed by atoms with van der Waals surface area (Å²) in [7, 11) is 3.38.